The molecule has 1 rings (SSSR count). The molecule has 0 radical (unpaired) electrons. The number of benzene rings is 1. The van der Waals surface area contributed by atoms with Gasteiger partial charge in [-0.2, -0.15) is 0 Å². The number of rotatable bonds is 5. The van der Waals surface area contributed by atoms with E-state index in [-0.39, 0.29) is 6.04 Å². The van der Waals surface area contributed by atoms with Gasteiger partial charge in [0.2, 0.25) is 0 Å². The van der Waals surface area contributed by atoms with E-state index in [1.807, 2.05) is 13.8 Å². The van der Waals surface area contributed by atoms with Crippen LogP contribution >= 0.6 is 0 Å². The molecule has 0 aromatic heterocycles. The van der Waals surface area contributed by atoms with Crippen molar-refractivity contribution in [1.29, 1.82) is 0 Å². The first-order valence-electron chi connectivity index (χ1n) is 6.33. The Balaban J connectivity index is 2.56. The molecule has 20 heavy (non-hydrogen) atoms. The summed E-state index contributed by atoms with van der Waals surface area (Å²) in [7, 11) is 1.30. The van der Waals surface area contributed by atoms with Gasteiger partial charge in [-0.05, 0) is 38.0 Å². The highest BCUT2D eigenvalue weighted by Gasteiger charge is 2.14. The number of amides is 1. The van der Waals surface area contributed by atoms with E-state index >= 15 is 0 Å². The maximum atomic E-state index is 11.4. The van der Waals surface area contributed by atoms with Crippen molar-refractivity contribution in [1.82, 2.24) is 5.32 Å². The van der Waals surface area contributed by atoms with Crippen molar-refractivity contribution < 1.29 is 19.1 Å². The van der Waals surface area contributed by atoms with E-state index < -0.39 is 18.1 Å². The lowest BCUT2D eigenvalue weighted by Gasteiger charge is -2.11. The van der Waals surface area contributed by atoms with E-state index in [0.717, 1.165) is 5.56 Å². The molecule has 0 spiro atoms. The summed E-state index contributed by atoms with van der Waals surface area (Å²) in [6, 6.07) is 6.12. The Kier molecular flexibility index (Phi) is 5.99. The van der Waals surface area contributed by atoms with E-state index in [2.05, 4.69) is 10.1 Å². The topological polar surface area (TPSA) is 90.7 Å². The van der Waals surface area contributed by atoms with E-state index in [1.54, 1.807) is 24.3 Å². The molecule has 0 aliphatic carbocycles. The Morgan fingerprint density at radius 3 is 2.35 bits per heavy atom. The number of hydrogen-bond donors (Lipinski definition) is 2. The van der Waals surface area contributed by atoms with Gasteiger partial charge in [0.25, 0.3) is 0 Å². The van der Waals surface area contributed by atoms with Crippen molar-refractivity contribution >= 4 is 12.1 Å². The van der Waals surface area contributed by atoms with Gasteiger partial charge in [-0.3, -0.25) is 4.79 Å². The SMILES string of the molecule is COC(=O)C(N)Cc1ccc(OC(=O)NC(C)C)cc1. The Morgan fingerprint density at radius 2 is 1.85 bits per heavy atom. The second-order valence-electron chi connectivity index (χ2n) is 4.67. The third kappa shape index (κ3) is 5.27. The van der Waals surface area contributed by atoms with Gasteiger partial charge in [0.05, 0.1) is 7.11 Å². The van der Waals surface area contributed by atoms with Gasteiger partial charge in [-0.15, -0.1) is 0 Å². The lowest BCUT2D eigenvalue weighted by molar-refractivity contribution is -0.142. The fraction of sp³-hybridized carbons (Fsp3) is 0.429. The number of nitrogens with two attached hydrogens (primary N) is 1. The number of carbonyl (C=O) groups excluding carboxylic acids is 2. The molecule has 1 aromatic rings. The summed E-state index contributed by atoms with van der Waals surface area (Å²) in [6.07, 6.45) is -0.135. The van der Waals surface area contributed by atoms with E-state index in [1.165, 1.54) is 7.11 Å². The van der Waals surface area contributed by atoms with Crippen molar-refractivity contribution in [3.8, 4) is 5.75 Å². The Hall–Kier alpha value is -2.08. The normalized spacial score (nSPS) is 11.8. The second-order valence-corrected chi connectivity index (χ2v) is 4.67. The van der Waals surface area contributed by atoms with Gasteiger partial charge in [-0.25, -0.2) is 4.79 Å². The predicted octanol–water partition coefficient (Wildman–Crippen LogP) is 1.23. The molecular formula is C14H20N2O4. The van der Waals surface area contributed by atoms with E-state index in [9.17, 15) is 9.59 Å². The van der Waals surface area contributed by atoms with Crippen molar-refractivity contribution in [2.24, 2.45) is 5.73 Å². The minimum atomic E-state index is -0.698. The average molecular weight is 280 g/mol. The van der Waals surface area contributed by atoms with Crippen LogP contribution in [0.2, 0.25) is 0 Å². The van der Waals surface area contributed by atoms with Crippen LogP contribution in [0.1, 0.15) is 19.4 Å². The molecule has 110 valence electrons. The Bertz CT molecular complexity index is 457. The van der Waals surface area contributed by atoms with Crippen LogP contribution in [-0.4, -0.2) is 31.3 Å². The largest absolute Gasteiger partial charge is 0.468 e. The quantitative estimate of drug-likeness (QED) is 0.792. The summed E-state index contributed by atoms with van der Waals surface area (Å²) >= 11 is 0. The van der Waals surface area contributed by atoms with Crippen LogP contribution in [0.25, 0.3) is 0 Å². The smallest absolute Gasteiger partial charge is 0.412 e. The zero-order valence-corrected chi connectivity index (χ0v) is 11.9. The molecule has 1 amide bonds. The van der Waals surface area contributed by atoms with Gasteiger partial charge in [-0.1, -0.05) is 12.1 Å². The standard InChI is InChI=1S/C14H20N2O4/c1-9(2)16-14(18)20-11-6-4-10(5-7-11)8-12(15)13(17)19-3/h4-7,9,12H,8,15H2,1-3H3,(H,16,18). The third-order valence-electron chi connectivity index (χ3n) is 2.50. The van der Waals surface area contributed by atoms with Gasteiger partial charge in [0.1, 0.15) is 11.8 Å². The van der Waals surface area contributed by atoms with Gasteiger partial charge < -0.3 is 20.5 Å². The highest BCUT2D eigenvalue weighted by molar-refractivity contribution is 5.75. The maximum absolute atomic E-state index is 11.4. The van der Waals surface area contributed by atoms with Crippen molar-refractivity contribution in [3.05, 3.63) is 29.8 Å². The summed E-state index contributed by atoms with van der Waals surface area (Å²) in [4.78, 5) is 22.6. The molecule has 0 heterocycles. The van der Waals surface area contributed by atoms with Gasteiger partial charge in [0.15, 0.2) is 0 Å². The molecule has 0 fully saturated rings. The van der Waals surface area contributed by atoms with E-state index in [0.29, 0.717) is 12.2 Å². The highest BCUT2D eigenvalue weighted by Crippen LogP contribution is 2.13. The molecule has 1 unspecified atom stereocenters. The summed E-state index contributed by atoms with van der Waals surface area (Å²) in [6.45, 7) is 3.69. The minimum Gasteiger partial charge on any atom is -0.468 e. The first-order chi connectivity index (χ1) is 9.42. The average Bonchev–Trinajstić information content (AvgIpc) is 2.39. The first kappa shape index (κ1) is 16.0. The Morgan fingerprint density at radius 1 is 1.25 bits per heavy atom. The fourth-order valence-corrected chi connectivity index (χ4v) is 1.55. The fourth-order valence-electron chi connectivity index (χ4n) is 1.55. The van der Waals surface area contributed by atoms with Crippen LogP contribution in [0.4, 0.5) is 4.79 Å². The number of hydrogen-bond acceptors (Lipinski definition) is 5. The monoisotopic (exact) mass is 280 g/mol. The van der Waals surface area contributed by atoms with Crippen LogP contribution in [0.15, 0.2) is 24.3 Å². The number of methoxy groups -OCH3 is 1. The molecule has 6 heteroatoms. The van der Waals surface area contributed by atoms with Crippen LogP contribution in [-0.2, 0) is 16.0 Å². The molecule has 0 saturated carbocycles. The molecule has 0 aliphatic rings. The summed E-state index contributed by atoms with van der Waals surface area (Å²) in [5.74, 6) is -0.0276. The van der Waals surface area contributed by atoms with Crippen molar-refractivity contribution in [3.63, 3.8) is 0 Å². The maximum Gasteiger partial charge on any atom is 0.412 e. The predicted molar refractivity (Wildman–Crippen MR) is 74.4 cm³/mol. The highest BCUT2D eigenvalue weighted by atomic mass is 16.6. The van der Waals surface area contributed by atoms with Crippen LogP contribution < -0.4 is 15.8 Å². The van der Waals surface area contributed by atoms with Gasteiger partial charge >= 0.3 is 12.1 Å². The van der Waals surface area contributed by atoms with Crippen molar-refractivity contribution in [2.45, 2.75) is 32.4 Å². The molecule has 1 aromatic carbocycles. The van der Waals surface area contributed by atoms with E-state index in [4.69, 9.17) is 10.5 Å². The van der Waals surface area contributed by atoms with Crippen molar-refractivity contribution in [2.75, 3.05) is 7.11 Å². The zero-order chi connectivity index (χ0) is 15.1. The first-order valence-corrected chi connectivity index (χ1v) is 6.33. The van der Waals surface area contributed by atoms with Crippen LogP contribution in [0, 0.1) is 0 Å². The van der Waals surface area contributed by atoms with Gasteiger partial charge in [0, 0.05) is 6.04 Å². The number of carbonyl (C=O) groups is 2. The summed E-state index contributed by atoms with van der Waals surface area (Å²) < 4.78 is 9.64. The Labute approximate surface area is 118 Å². The molecular weight excluding hydrogens is 260 g/mol. The molecule has 3 N–H and O–H groups in total. The van der Waals surface area contributed by atoms with Crippen LogP contribution in [0.5, 0.6) is 5.75 Å². The molecule has 0 bridgehead atoms. The number of esters is 1. The zero-order valence-electron chi connectivity index (χ0n) is 11.9. The van der Waals surface area contributed by atoms with Crippen LogP contribution in [0.3, 0.4) is 0 Å². The molecule has 6 nitrogen and oxygen atoms in total. The summed E-state index contributed by atoms with van der Waals surface area (Å²) in [5, 5.41) is 2.62. The number of nitrogens with one attached hydrogen (secondary N) is 1. The lowest BCUT2D eigenvalue weighted by atomic mass is 10.1. The summed E-state index contributed by atoms with van der Waals surface area (Å²) in [5.41, 5.74) is 6.52. The lowest BCUT2D eigenvalue weighted by Crippen LogP contribution is -2.33. The minimum absolute atomic E-state index is 0.0137. The molecule has 0 saturated heterocycles. The second kappa shape index (κ2) is 7.49. The molecule has 1 atom stereocenters. The molecule has 0 aliphatic heterocycles. The third-order valence-corrected chi connectivity index (χ3v) is 2.50. The number of ether oxygens (including phenoxy) is 2.